The van der Waals surface area contributed by atoms with Crippen molar-refractivity contribution in [1.29, 1.82) is 0 Å². The molecule has 1 saturated heterocycles. The van der Waals surface area contributed by atoms with Crippen molar-refractivity contribution >= 4 is 23.3 Å². The van der Waals surface area contributed by atoms with Crippen molar-refractivity contribution in [3.8, 4) is 0 Å². The summed E-state index contributed by atoms with van der Waals surface area (Å²) >= 11 is 5.89. The Morgan fingerprint density at radius 2 is 1.58 bits per heavy atom. The molecule has 0 aromatic heterocycles. The fraction of sp³-hybridized carbons (Fsp3) is 0.381. The molecule has 0 radical (unpaired) electrons. The van der Waals surface area contributed by atoms with Gasteiger partial charge in [-0.1, -0.05) is 42.8 Å². The molecule has 1 aliphatic rings. The largest absolute Gasteiger partial charge is 0.368 e. The average Bonchev–Trinajstić information content (AvgIpc) is 2.69. The molecule has 3 rings (SSSR count). The van der Waals surface area contributed by atoms with Gasteiger partial charge in [-0.25, -0.2) is 4.79 Å². The van der Waals surface area contributed by atoms with Gasteiger partial charge in [0, 0.05) is 43.4 Å². The third-order valence-corrected chi connectivity index (χ3v) is 5.13. The summed E-state index contributed by atoms with van der Waals surface area (Å²) < 4.78 is 0. The number of hydrogen-bond acceptors (Lipinski definition) is 2. The monoisotopic (exact) mass is 371 g/mol. The van der Waals surface area contributed by atoms with Gasteiger partial charge in [0.05, 0.1) is 0 Å². The minimum absolute atomic E-state index is 0.0277. The molecule has 1 fully saturated rings. The van der Waals surface area contributed by atoms with E-state index in [1.165, 1.54) is 16.8 Å². The number of carbonyl (C=O) groups excluding carboxylic acids is 1. The molecule has 0 unspecified atom stereocenters. The van der Waals surface area contributed by atoms with Crippen LogP contribution >= 0.6 is 11.6 Å². The highest BCUT2D eigenvalue weighted by molar-refractivity contribution is 6.30. The Morgan fingerprint density at radius 3 is 2.19 bits per heavy atom. The number of urea groups is 1. The zero-order chi connectivity index (χ0) is 18.4. The SMILES string of the molecule is CCc1ccc(N2CCN(C(=O)NCCc3ccc(Cl)cc3)CC2)cc1. The number of piperazine rings is 1. The summed E-state index contributed by atoms with van der Waals surface area (Å²) in [5.74, 6) is 0. The minimum atomic E-state index is 0.0277. The molecule has 5 heteroatoms. The second-order valence-corrected chi connectivity index (χ2v) is 7.04. The van der Waals surface area contributed by atoms with Crippen molar-refractivity contribution in [3.05, 3.63) is 64.7 Å². The van der Waals surface area contributed by atoms with E-state index < -0.39 is 0 Å². The molecule has 26 heavy (non-hydrogen) atoms. The number of carbonyl (C=O) groups is 1. The van der Waals surface area contributed by atoms with Crippen LogP contribution in [-0.2, 0) is 12.8 Å². The summed E-state index contributed by atoms with van der Waals surface area (Å²) in [6, 6.07) is 16.5. The van der Waals surface area contributed by atoms with Gasteiger partial charge in [0.15, 0.2) is 0 Å². The summed E-state index contributed by atoms with van der Waals surface area (Å²) in [6.45, 7) is 6.05. The molecule has 2 amide bonds. The van der Waals surface area contributed by atoms with Crippen LogP contribution in [0.4, 0.5) is 10.5 Å². The van der Waals surface area contributed by atoms with Crippen LogP contribution in [0.2, 0.25) is 5.02 Å². The quantitative estimate of drug-likeness (QED) is 0.862. The highest BCUT2D eigenvalue weighted by Crippen LogP contribution is 2.17. The Kier molecular flexibility index (Phi) is 6.40. The highest BCUT2D eigenvalue weighted by Gasteiger charge is 2.20. The van der Waals surface area contributed by atoms with Crippen molar-refractivity contribution in [1.82, 2.24) is 10.2 Å². The number of anilines is 1. The molecule has 138 valence electrons. The van der Waals surface area contributed by atoms with Crippen LogP contribution in [-0.4, -0.2) is 43.7 Å². The summed E-state index contributed by atoms with van der Waals surface area (Å²) in [5, 5.41) is 3.76. The van der Waals surface area contributed by atoms with Crippen LogP contribution < -0.4 is 10.2 Å². The smallest absolute Gasteiger partial charge is 0.317 e. The molecular formula is C21H26ClN3O. The van der Waals surface area contributed by atoms with Gasteiger partial charge in [0.2, 0.25) is 0 Å². The van der Waals surface area contributed by atoms with E-state index in [4.69, 9.17) is 11.6 Å². The fourth-order valence-electron chi connectivity index (χ4n) is 3.19. The first-order valence-electron chi connectivity index (χ1n) is 9.27. The van der Waals surface area contributed by atoms with E-state index in [2.05, 4.69) is 41.4 Å². The molecule has 4 nitrogen and oxygen atoms in total. The standard InChI is InChI=1S/C21H26ClN3O/c1-2-17-5-9-20(10-6-17)24-13-15-25(16-14-24)21(26)23-12-11-18-3-7-19(22)8-4-18/h3-10H,2,11-16H2,1H3,(H,23,26). The number of halogens is 1. The third-order valence-electron chi connectivity index (χ3n) is 4.88. The van der Waals surface area contributed by atoms with E-state index >= 15 is 0 Å². The van der Waals surface area contributed by atoms with E-state index in [9.17, 15) is 4.79 Å². The fourth-order valence-corrected chi connectivity index (χ4v) is 3.31. The summed E-state index contributed by atoms with van der Waals surface area (Å²) in [7, 11) is 0. The second kappa shape index (κ2) is 8.95. The second-order valence-electron chi connectivity index (χ2n) is 6.60. The van der Waals surface area contributed by atoms with Gasteiger partial charge in [-0.2, -0.15) is 0 Å². The van der Waals surface area contributed by atoms with Crippen molar-refractivity contribution < 1.29 is 4.79 Å². The topological polar surface area (TPSA) is 35.6 Å². The maximum atomic E-state index is 12.3. The molecule has 0 aliphatic carbocycles. The molecule has 0 spiro atoms. The molecule has 1 aliphatic heterocycles. The Morgan fingerprint density at radius 1 is 0.962 bits per heavy atom. The Labute approximate surface area is 160 Å². The third kappa shape index (κ3) is 4.92. The van der Waals surface area contributed by atoms with Gasteiger partial charge in [0.25, 0.3) is 0 Å². The lowest BCUT2D eigenvalue weighted by molar-refractivity contribution is 0.194. The van der Waals surface area contributed by atoms with Crippen molar-refractivity contribution in [2.45, 2.75) is 19.8 Å². The minimum Gasteiger partial charge on any atom is -0.368 e. The van der Waals surface area contributed by atoms with Crippen molar-refractivity contribution in [3.63, 3.8) is 0 Å². The Bertz CT molecular complexity index is 707. The molecule has 2 aromatic rings. The number of rotatable bonds is 5. The van der Waals surface area contributed by atoms with Gasteiger partial charge in [-0.05, 0) is 48.2 Å². The predicted octanol–water partition coefficient (Wildman–Crippen LogP) is 3.98. The lowest BCUT2D eigenvalue weighted by Gasteiger charge is -2.36. The van der Waals surface area contributed by atoms with Crippen molar-refractivity contribution in [2.24, 2.45) is 0 Å². The van der Waals surface area contributed by atoms with Crippen LogP contribution in [0.1, 0.15) is 18.1 Å². The number of nitrogens with zero attached hydrogens (tertiary/aromatic N) is 2. The first kappa shape index (κ1) is 18.6. The summed E-state index contributed by atoms with van der Waals surface area (Å²) in [6.07, 6.45) is 1.87. The molecule has 1 N–H and O–H groups in total. The van der Waals surface area contributed by atoms with Gasteiger partial charge in [0.1, 0.15) is 0 Å². The lowest BCUT2D eigenvalue weighted by Crippen LogP contribution is -2.52. The molecular weight excluding hydrogens is 346 g/mol. The molecule has 0 saturated carbocycles. The number of amides is 2. The molecule has 1 heterocycles. The van der Waals surface area contributed by atoms with Crippen molar-refractivity contribution in [2.75, 3.05) is 37.6 Å². The Balaban J connectivity index is 1.42. The van der Waals surface area contributed by atoms with Gasteiger partial charge in [-0.3, -0.25) is 0 Å². The molecule has 0 bridgehead atoms. The maximum Gasteiger partial charge on any atom is 0.317 e. The summed E-state index contributed by atoms with van der Waals surface area (Å²) in [5.41, 5.74) is 3.77. The first-order chi connectivity index (χ1) is 12.7. The van der Waals surface area contributed by atoms with Gasteiger partial charge in [-0.15, -0.1) is 0 Å². The number of benzene rings is 2. The number of hydrogen-bond donors (Lipinski definition) is 1. The maximum absolute atomic E-state index is 12.3. The molecule has 0 atom stereocenters. The molecule has 2 aromatic carbocycles. The van der Waals surface area contributed by atoms with E-state index in [-0.39, 0.29) is 6.03 Å². The van der Waals surface area contributed by atoms with E-state index in [0.29, 0.717) is 6.54 Å². The van der Waals surface area contributed by atoms with Gasteiger partial charge < -0.3 is 15.1 Å². The van der Waals surface area contributed by atoms with Crippen LogP contribution in [0.3, 0.4) is 0 Å². The average molecular weight is 372 g/mol. The van der Waals surface area contributed by atoms with Crippen LogP contribution in [0.25, 0.3) is 0 Å². The van der Waals surface area contributed by atoms with Gasteiger partial charge >= 0.3 is 6.03 Å². The Hall–Kier alpha value is -2.20. The zero-order valence-corrected chi connectivity index (χ0v) is 16.0. The number of aryl methyl sites for hydroxylation is 1. The normalized spacial score (nSPS) is 14.4. The van der Waals surface area contributed by atoms with Crippen LogP contribution in [0.5, 0.6) is 0 Å². The van der Waals surface area contributed by atoms with Crippen LogP contribution in [0.15, 0.2) is 48.5 Å². The van der Waals surface area contributed by atoms with E-state index in [1.807, 2.05) is 29.2 Å². The highest BCUT2D eigenvalue weighted by atomic mass is 35.5. The first-order valence-corrected chi connectivity index (χ1v) is 9.64. The number of nitrogens with one attached hydrogen (secondary N) is 1. The summed E-state index contributed by atoms with van der Waals surface area (Å²) in [4.78, 5) is 16.6. The van der Waals surface area contributed by atoms with E-state index in [0.717, 1.165) is 44.0 Å². The van der Waals surface area contributed by atoms with E-state index in [1.54, 1.807) is 0 Å². The van der Waals surface area contributed by atoms with Crippen LogP contribution in [0, 0.1) is 0 Å². The predicted molar refractivity (Wildman–Crippen MR) is 108 cm³/mol. The lowest BCUT2D eigenvalue weighted by atomic mass is 10.1. The zero-order valence-electron chi connectivity index (χ0n) is 15.2.